The quantitative estimate of drug-likeness (QED) is 0.375. The van der Waals surface area contributed by atoms with Gasteiger partial charge in [-0.1, -0.05) is 35.3 Å². The van der Waals surface area contributed by atoms with E-state index >= 15 is 0 Å². The molecule has 0 saturated carbocycles. The summed E-state index contributed by atoms with van der Waals surface area (Å²) in [7, 11) is 1.65. The van der Waals surface area contributed by atoms with Gasteiger partial charge in [0.15, 0.2) is 5.82 Å². The van der Waals surface area contributed by atoms with Gasteiger partial charge in [0.1, 0.15) is 5.75 Å². The molecule has 0 fully saturated rings. The summed E-state index contributed by atoms with van der Waals surface area (Å²) in [5, 5.41) is 5.45. The summed E-state index contributed by atoms with van der Waals surface area (Å²) in [5.74, 6) is 1.41. The van der Waals surface area contributed by atoms with Gasteiger partial charge in [0.05, 0.1) is 29.4 Å². The Bertz CT molecular complexity index is 1180. The third-order valence-corrected chi connectivity index (χ3v) is 5.42. The average molecular weight is 455 g/mol. The summed E-state index contributed by atoms with van der Waals surface area (Å²) in [4.78, 5) is 4.59. The summed E-state index contributed by atoms with van der Waals surface area (Å²) < 4.78 is 12.7. The number of nitrogens with zero attached hydrogens (tertiary/aromatic N) is 3. The fourth-order valence-electron chi connectivity index (χ4n) is 3.02. The van der Waals surface area contributed by atoms with E-state index in [-0.39, 0.29) is 6.01 Å². The van der Waals surface area contributed by atoms with Crippen LogP contribution in [0.2, 0.25) is 10.0 Å². The second-order valence-corrected chi connectivity index (χ2v) is 7.61. The van der Waals surface area contributed by atoms with Crippen LogP contribution in [-0.2, 0) is 6.42 Å². The molecule has 0 saturated heterocycles. The van der Waals surface area contributed by atoms with Crippen molar-refractivity contribution in [3.63, 3.8) is 0 Å². The van der Waals surface area contributed by atoms with Gasteiger partial charge in [-0.25, -0.2) is 4.68 Å². The molecule has 158 valence electrons. The Hall–Kier alpha value is -3.22. The number of anilines is 1. The lowest BCUT2D eigenvalue weighted by atomic mass is 10.1. The Labute approximate surface area is 190 Å². The third kappa shape index (κ3) is 4.93. The van der Waals surface area contributed by atoms with E-state index in [0.717, 1.165) is 22.6 Å². The van der Waals surface area contributed by atoms with Crippen molar-refractivity contribution in [1.82, 2.24) is 14.8 Å². The molecule has 0 spiro atoms. The monoisotopic (exact) mass is 454 g/mol. The molecule has 2 N–H and O–H groups in total. The van der Waals surface area contributed by atoms with E-state index in [4.69, 9.17) is 38.4 Å². The summed E-state index contributed by atoms with van der Waals surface area (Å²) in [5.41, 5.74) is 9.18. The molecule has 0 aliphatic rings. The Kier molecular flexibility index (Phi) is 6.30. The number of halogens is 2. The smallest absolute Gasteiger partial charge is 0.336 e. The van der Waals surface area contributed by atoms with Gasteiger partial charge in [-0.3, -0.25) is 0 Å². The first kappa shape index (κ1) is 21.0. The molecule has 1 heterocycles. The standard InChI is InChI=1S/C23H20Cl2N4O2/c1-30-19-9-2-15(3-10-19)12-13-31-23-27-22(16-4-11-20(24)21(25)14-16)29(28-23)18-7-5-17(26)6-8-18/h2-11,14H,12-13,26H2,1H3. The number of methoxy groups -OCH3 is 1. The lowest BCUT2D eigenvalue weighted by Crippen LogP contribution is -2.03. The second kappa shape index (κ2) is 9.29. The zero-order valence-corrected chi connectivity index (χ0v) is 18.3. The van der Waals surface area contributed by atoms with Gasteiger partial charge in [-0.2, -0.15) is 4.98 Å². The molecule has 4 aromatic rings. The molecule has 0 atom stereocenters. The molecular weight excluding hydrogens is 435 g/mol. The first-order valence-electron chi connectivity index (χ1n) is 9.57. The predicted octanol–water partition coefficient (Wildman–Crippen LogP) is 5.45. The van der Waals surface area contributed by atoms with Crippen LogP contribution in [0.5, 0.6) is 11.8 Å². The molecule has 6 nitrogen and oxygen atoms in total. The van der Waals surface area contributed by atoms with Crippen molar-refractivity contribution >= 4 is 28.9 Å². The number of aromatic nitrogens is 3. The zero-order chi connectivity index (χ0) is 21.8. The highest BCUT2D eigenvalue weighted by Gasteiger charge is 2.16. The van der Waals surface area contributed by atoms with Crippen molar-refractivity contribution in [3.8, 4) is 28.8 Å². The zero-order valence-electron chi connectivity index (χ0n) is 16.8. The maximum Gasteiger partial charge on any atom is 0.336 e. The third-order valence-electron chi connectivity index (χ3n) is 4.68. The van der Waals surface area contributed by atoms with Gasteiger partial charge in [0.25, 0.3) is 0 Å². The highest BCUT2D eigenvalue weighted by atomic mass is 35.5. The fraction of sp³-hybridized carbons (Fsp3) is 0.130. The number of rotatable bonds is 7. The van der Waals surface area contributed by atoms with E-state index < -0.39 is 0 Å². The van der Waals surface area contributed by atoms with Crippen LogP contribution in [0, 0.1) is 0 Å². The van der Waals surface area contributed by atoms with Crippen molar-refractivity contribution < 1.29 is 9.47 Å². The molecule has 0 bridgehead atoms. The van der Waals surface area contributed by atoms with Gasteiger partial charge in [0, 0.05) is 17.7 Å². The SMILES string of the molecule is COc1ccc(CCOc2nc(-c3ccc(Cl)c(Cl)c3)n(-c3ccc(N)cc3)n2)cc1. The van der Waals surface area contributed by atoms with Gasteiger partial charge >= 0.3 is 6.01 Å². The Morgan fingerprint density at radius 2 is 1.68 bits per heavy atom. The first-order valence-corrected chi connectivity index (χ1v) is 10.3. The van der Waals surface area contributed by atoms with Crippen LogP contribution in [0.1, 0.15) is 5.56 Å². The number of benzene rings is 3. The van der Waals surface area contributed by atoms with Crippen molar-refractivity contribution in [2.24, 2.45) is 0 Å². The molecular formula is C23H20Cl2N4O2. The molecule has 0 unspecified atom stereocenters. The number of hydrogen-bond acceptors (Lipinski definition) is 5. The van der Waals surface area contributed by atoms with Crippen LogP contribution in [0.3, 0.4) is 0 Å². The van der Waals surface area contributed by atoms with Crippen molar-refractivity contribution in [2.45, 2.75) is 6.42 Å². The molecule has 3 aromatic carbocycles. The summed E-state index contributed by atoms with van der Waals surface area (Å²) in [6, 6.07) is 20.8. The lowest BCUT2D eigenvalue weighted by molar-refractivity contribution is 0.296. The minimum absolute atomic E-state index is 0.270. The first-order chi connectivity index (χ1) is 15.0. The van der Waals surface area contributed by atoms with E-state index in [1.165, 1.54) is 0 Å². The van der Waals surface area contributed by atoms with E-state index in [1.807, 2.05) is 42.5 Å². The molecule has 0 aliphatic heterocycles. The number of nitrogens with two attached hydrogens (primary N) is 1. The van der Waals surface area contributed by atoms with Crippen LogP contribution in [-0.4, -0.2) is 28.5 Å². The van der Waals surface area contributed by atoms with Gasteiger partial charge in [-0.15, -0.1) is 5.10 Å². The Morgan fingerprint density at radius 1 is 0.935 bits per heavy atom. The van der Waals surface area contributed by atoms with Crippen LogP contribution in [0.4, 0.5) is 5.69 Å². The minimum atomic E-state index is 0.270. The molecule has 4 rings (SSSR count). The van der Waals surface area contributed by atoms with Gasteiger partial charge in [-0.05, 0) is 60.2 Å². The van der Waals surface area contributed by atoms with E-state index in [1.54, 1.807) is 36.1 Å². The van der Waals surface area contributed by atoms with Crippen LogP contribution >= 0.6 is 23.2 Å². The summed E-state index contributed by atoms with van der Waals surface area (Å²) in [6.07, 6.45) is 0.711. The molecule has 0 aliphatic carbocycles. The minimum Gasteiger partial charge on any atom is -0.497 e. The normalized spacial score (nSPS) is 10.8. The lowest BCUT2D eigenvalue weighted by Gasteiger charge is -2.07. The van der Waals surface area contributed by atoms with E-state index in [9.17, 15) is 0 Å². The maximum absolute atomic E-state index is 6.22. The van der Waals surface area contributed by atoms with Crippen molar-refractivity contribution in [2.75, 3.05) is 19.5 Å². The molecule has 8 heteroatoms. The van der Waals surface area contributed by atoms with Gasteiger partial charge in [0.2, 0.25) is 0 Å². The topological polar surface area (TPSA) is 75.2 Å². The van der Waals surface area contributed by atoms with E-state index in [2.05, 4.69) is 10.1 Å². The second-order valence-electron chi connectivity index (χ2n) is 6.80. The highest BCUT2D eigenvalue weighted by Crippen LogP contribution is 2.30. The van der Waals surface area contributed by atoms with E-state index in [0.29, 0.717) is 34.6 Å². The van der Waals surface area contributed by atoms with Crippen LogP contribution in [0.15, 0.2) is 66.7 Å². The van der Waals surface area contributed by atoms with Crippen molar-refractivity contribution in [1.29, 1.82) is 0 Å². The molecule has 0 amide bonds. The number of hydrogen-bond donors (Lipinski definition) is 1. The summed E-state index contributed by atoms with van der Waals surface area (Å²) >= 11 is 12.3. The Morgan fingerprint density at radius 3 is 2.35 bits per heavy atom. The van der Waals surface area contributed by atoms with Crippen molar-refractivity contribution in [3.05, 3.63) is 82.3 Å². The maximum atomic E-state index is 6.22. The summed E-state index contributed by atoms with van der Waals surface area (Å²) in [6.45, 7) is 0.429. The molecule has 31 heavy (non-hydrogen) atoms. The highest BCUT2D eigenvalue weighted by molar-refractivity contribution is 6.42. The Balaban J connectivity index is 1.59. The van der Waals surface area contributed by atoms with Crippen LogP contribution in [0.25, 0.3) is 17.1 Å². The van der Waals surface area contributed by atoms with Gasteiger partial charge < -0.3 is 15.2 Å². The number of ether oxygens (including phenoxy) is 2. The predicted molar refractivity (Wildman–Crippen MR) is 123 cm³/mol. The number of nitrogen functional groups attached to an aromatic ring is 1. The average Bonchev–Trinajstić information content (AvgIpc) is 3.21. The largest absolute Gasteiger partial charge is 0.497 e. The fourth-order valence-corrected chi connectivity index (χ4v) is 3.32. The molecule has 0 radical (unpaired) electrons. The van der Waals surface area contributed by atoms with Crippen LogP contribution < -0.4 is 15.2 Å². The molecule has 1 aromatic heterocycles.